The lowest BCUT2D eigenvalue weighted by Crippen LogP contribution is -2.43. The van der Waals surface area contributed by atoms with Crippen molar-refractivity contribution in [1.29, 1.82) is 0 Å². The first-order chi connectivity index (χ1) is 7.33. The number of nitrogen functional groups attached to an aromatic ring is 1. The van der Waals surface area contributed by atoms with E-state index in [1.165, 1.54) is 18.5 Å². The fourth-order valence-electron chi connectivity index (χ4n) is 2.74. The average molecular weight is 203 g/mol. The molecule has 2 unspecified atom stereocenters. The predicted octanol–water partition coefficient (Wildman–Crippen LogP) is 0.815. The molecule has 2 bridgehead atoms. The van der Waals surface area contributed by atoms with Gasteiger partial charge in [-0.05, 0) is 18.1 Å². The van der Waals surface area contributed by atoms with Crippen molar-refractivity contribution in [2.45, 2.75) is 25.0 Å². The van der Waals surface area contributed by atoms with Crippen LogP contribution in [0.3, 0.4) is 0 Å². The number of hydrogen-bond acceptors (Lipinski definition) is 3. The smallest absolute Gasteiger partial charge is 0.0359 e. The molecular formula is C12H17N3. The van der Waals surface area contributed by atoms with E-state index in [2.05, 4.69) is 22.3 Å². The van der Waals surface area contributed by atoms with Gasteiger partial charge >= 0.3 is 0 Å². The van der Waals surface area contributed by atoms with Crippen molar-refractivity contribution in [3.63, 3.8) is 0 Å². The third kappa shape index (κ3) is 1.62. The molecule has 1 aromatic rings. The summed E-state index contributed by atoms with van der Waals surface area (Å²) in [5.74, 6) is 0. The number of para-hydroxylation sites is 1. The number of benzene rings is 1. The quantitative estimate of drug-likeness (QED) is 0.699. The Labute approximate surface area is 90.3 Å². The van der Waals surface area contributed by atoms with E-state index in [0.717, 1.165) is 30.9 Å². The van der Waals surface area contributed by atoms with Gasteiger partial charge in [0.1, 0.15) is 0 Å². The zero-order valence-electron chi connectivity index (χ0n) is 8.82. The first-order valence-electron chi connectivity index (χ1n) is 5.64. The molecule has 80 valence electrons. The van der Waals surface area contributed by atoms with E-state index in [0.29, 0.717) is 0 Å². The summed E-state index contributed by atoms with van der Waals surface area (Å²) in [6, 6.07) is 9.64. The molecule has 0 amide bonds. The Hall–Kier alpha value is -1.06. The van der Waals surface area contributed by atoms with Gasteiger partial charge in [-0.1, -0.05) is 18.2 Å². The summed E-state index contributed by atoms with van der Waals surface area (Å²) in [5, 5.41) is 3.51. The number of rotatable bonds is 2. The lowest BCUT2D eigenvalue weighted by atomic mass is 10.1. The molecule has 15 heavy (non-hydrogen) atoms. The van der Waals surface area contributed by atoms with Crippen molar-refractivity contribution in [2.75, 3.05) is 18.8 Å². The number of fused-ring (bicyclic) bond motifs is 2. The highest BCUT2D eigenvalue weighted by Gasteiger charge is 2.37. The molecular weight excluding hydrogens is 186 g/mol. The second-order valence-electron chi connectivity index (χ2n) is 4.62. The third-order valence-electron chi connectivity index (χ3n) is 3.60. The van der Waals surface area contributed by atoms with Crippen molar-refractivity contribution in [2.24, 2.45) is 0 Å². The van der Waals surface area contributed by atoms with E-state index in [1.54, 1.807) is 0 Å². The maximum atomic E-state index is 5.95. The Morgan fingerprint density at radius 3 is 2.93 bits per heavy atom. The molecule has 0 aromatic heterocycles. The highest BCUT2D eigenvalue weighted by molar-refractivity contribution is 5.46. The van der Waals surface area contributed by atoms with Gasteiger partial charge in [-0.3, -0.25) is 4.90 Å². The molecule has 3 N–H and O–H groups in total. The van der Waals surface area contributed by atoms with Gasteiger partial charge < -0.3 is 11.1 Å². The average Bonchev–Trinajstić information content (AvgIpc) is 2.83. The van der Waals surface area contributed by atoms with Gasteiger partial charge in [0.05, 0.1) is 0 Å². The van der Waals surface area contributed by atoms with Crippen LogP contribution in [0.1, 0.15) is 12.0 Å². The molecule has 1 aromatic carbocycles. The van der Waals surface area contributed by atoms with Crippen molar-refractivity contribution in [1.82, 2.24) is 10.2 Å². The number of piperazine rings is 1. The molecule has 0 spiro atoms. The molecule has 2 heterocycles. The molecule has 0 aliphatic carbocycles. The maximum Gasteiger partial charge on any atom is 0.0359 e. The topological polar surface area (TPSA) is 41.3 Å². The largest absolute Gasteiger partial charge is 0.398 e. The summed E-state index contributed by atoms with van der Waals surface area (Å²) < 4.78 is 0. The van der Waals surface area contributed by atoms with Crippen LogP contribution in [-0.4, -0.2) is 30.1 Å². The van der Waals surface area contributed by atoms with Gasteiger partial charge in [0.25, 0.3) is 0 Å². The van der Waals surface area contributed by atoms with Gasteiger partial charge in [-0.25, -0.2) is 0 Å². The van der Waals surface area contributed by atoms with E-state index in [4.69, 9.17) is 5.73 Å². The van der Waals surface area contributed by atoms with Gasteiger partial charge in [-0.2, -0.15) is 0 Å². The van der Waals surface area contributed by atoms with Gasteiger partial charge in [0.2, 0.25) is 0 Å². The summed E-state index contributed by atoms with van der Waals surface area (Å²) in [7, 11) is 0. The number of likely N-dealkylation sites (tertiary alicyclic amines) is 1. The Bertz CT molecular complexity index is 364. The molecule has 3 heteroatoms. The summed E-state index contributed by atoms with van der Waals surface area (Å²) >= 11 is 0. The Balaban J connectivity index is 1.73. The summed E-state index contributed by atoms with van der Waals surface area (Å²) in [6.45, 7) is 3.34. The van der Waals surface area contributed by atoms with Crippen LogP contribution in [0.4, 0.5) is 5.69 Å². The predicted molar refractivity (Wildman–Crippen MR) is 61.5 cm³/mol. The fraction of sp³-hybridized carbons (Fsp3) is 0.500. The normalized spacial score (nSPS) is 29.9. The van der Waals surface area contributed by atoms with E-state index >= 15 is 0 Å². The minimum atomic E-state index is 0.722. The van der Waals surface area contributed by atoms with Crippen molar-refractivity contribution in [3.8, 4) is 0 Å². The van der Waals surface area contributed by atoms with Crippen molar-refractivity contribution >= 4 is 5.69 Å². The van der Waals surface area contributed by atoms with Gasteiger partial charge in [0.15, 0.2) is 0 Å². The Morgan fingerprint density at radius 1 is 1.40 bits per heavy atom. The maximum absolute atomic E-state index is 5.95. The molecule has 2 aliphatic heterocycles. The van der Waals surface area contributed by atoms with Crippen LogP contribution in [-0.2, 0) is 6.54 Å². The van der Waals surface area contributed by atoms with Crippen LogP contribution in [0.15, 0.2) is 24.3 Å². The molecule has 0 radical (unpaired) electrons. The molecule has 0 saturated carbocycles. The fourth-order valence-corrected chi connectivity index (χ4v) is 2.74. The summed E-state index contributed by atoms with van der Waals surface area (Å²) in [6.07, 6.45) is 1.31. The zero-order chi connectivity index (χ0) is 10.3. The van der Waals surface area contributed by atoms with Gasteiger partial charge in [-0.15, -0.1) is 0 Å². The van der Waals surface area contributed by atoms with E-state index in [-0.39, 0.29) is 0 Å². The number of nitrogens with two attached hydrogens (primary N) is 1. The first kappa shape index (κ1) is 9.19. The molecule has 2 aliphatic rings. The summed E-state index contributed by atoms with van der Waals surface area (Å²) in [4.78, 5) is 2.55. The van der Waals surface area contributed by atoms with Crippen molar-refractivity contribution < 1.29 is 0 Å². The monoisotopic (exact) mass is 203 g/mol. The SMILES string of the molecule is Nc1ccccc1CN1CC2CC1CN2. The lowest BCUT2D eigenvalue weighted by molar-refractivity contribution is 0.218. The van der Waals surface area contributed by atoms with E-state index in [1.807, 2.05) is 12.1 Å². The second kappa shape index (κ2) is 3.51. The number of hydrogen-bond donors (Lipinski definition) is 2. The third-order valence-corrected chi connectivity index (χ3v) is 3.60. The zero-order valence-corrected chi connectivity index (χ0v) is 8.82. The van der Waals surface area contributed by atoms with Crippen LogP contribution in [0, 0.1) is 0 Å². The van der Waals surface area contributed by atoms with E-state index in [9.17, 15) is 0 Å². The summed E-state index contributed by atoms with van der Waals surface area (Å²) in [5.41, 5.74) is 8.15. The minimum Gasteiger partial charge on any atom is -0.398 e. The lowest BCUT2D eigenvalue weighted by Gasteiger charge is -2.27. The molecule has 3 nitrogen and oxygen atoms in total. The number of nitrogens with zero attached hydrogens (tertiary/aromatic N) is 1. The van der Waals surface area contributed by atoms with Crippen molar-refractivity contribution in [3.05, 3.63) is 29.8 Å². The molecule has 2 fully saturated rings. The number of anilines is 1. The van der Waals surface area contributed by atoms with Crippen LogP contribution < -0.4 is 11.1 Å². The van der Waals surface area contributed by atoms with Crippen LogP contribution >= 0.6 is 0 Å². The van der Waals surface area contributed by atoms with Crippen LogP contribution in [0.2, 0.25) is 0 Å². The Kier molecular flexibility index (Phi) is 2.15. The second-order valence-corrected chi connectivity index (χ2v) is 4.62. The van der Waals surface area contributed by atoms with Gasteiger partial charge in [0, 0.05) is 37.4 Å². The highest BCUT2D eigenvalue weighted by Crippen LogP contribution is 2.26. The standard InChI is InChI=1S/C12H17N3/c13-12-4-2-1-3-9(12)7-15-8-10-5-11(15)6-14-10/h1-4,10-11,14H,5-8,13H2. The van der Waals surface area contributed by atoms with Crippen LogP contribution in [0.5, 0.6) is 0 Å². The molecule has 2 saturated heterocycles. The first-order valence-corrected chi connectivity index (χ1v) is 5.64. The molecule has 3 rings (SSSR count). The minimum absolute atomic E-state index is 0.722. The van der Waals surface area contributed by atoms with Crippen LogP contribution in [0.25, 0.3) is 0 Å². The van der Waals surface area contributed by atoms with E-state index < -0.39 is 0 Å². The highest BCUT2D eigenvalue weighted by atomic mass is 15.3. The Morgan fingerprint density at radius 2 is 2.27 bits per heavy atom. The molecule has 2 atom stereocenters. The number of nitrogens with one attached hydrogen (secondary N) is 1.